The molecule has 0 saturated carbocycles. The van der Waals surface area contributed by atoms with Gasteiger partial charge >= 0.3 is 17.5 Å². The highest BCUT2D eigenvalue weighted by Gasteiger charge is 2.23. The smallest absolute Gasteiger partial charge is 0.345 e. The molecule has 0 aliphatic rings. The van der Waals surface area contributed by atoms with E-state index in [-0.39, 0.29) is 35.7 Å². The van der Waals surface area contributed by atoms with Gasteiger partial charge in [-0.25, -0.2) is 9.18 Å². The maximum Gasteiger partial charge on any atom is 0.352 e. The molecular formula is C24H23FN6O4. The third kappa shape index (κ3) is 5.24. The summed E-state index contributed by atoms with van der Waals surface area (Å²) >= 11 is 0. The van der Waals surface area contributed by atoms with E-state index in [9.17, 15) is 18.8 Å². The Kier molecular flexibility index (Phi) is 6.95. The van der Waals surface area contributed by atoms with Gasteiger partial charge in [0.05, 0.1) is 5.69 Å². The summed E-state index contributed by atoms with van der Waals surface area (Å²) < 4.78 is 20.3. The van der Waals surface area contributed by atoms with Crippen LogP contribution in [0, 0.1) is 5.82 Å². The summed E-state index contributed by atoms with van der Waals surface area (Å²) in [5, 5.41) is 10.6. The SMILES string of the molecule is CCn1c(=O)c(-c2noc(C(=O)N[C@H](C)CCc3ccccc3)n2)nn(-c2ccc(F)cc2)c1=O. The van der Waals surface area contributed by atoms with Crippen LogP contribution in [-0.2, 0) is 13.0 Å². The molecule has 0 spiro atoms. The van der Waals surface area contributed by atoms with Crippen molar-refractivity contribution in [3.8, 4) is 17.2 Å². The Hall–Kier alpha value is -4.41. The van der Waals surface area contributed by atoms with Gasteiger partial charge in [0.2, 0.25) is 5.82 Å². The first-order valence-corrected chi connectivity index (χ1v) is 11.1. The molecular weight excluding hydrogens is 455 g/mol. The van der Waals surface area contributed by atoms with Gasteiger partial charge in [0, 0.05) is 12.6 Å². The predicted octanol–water partition coefficient (Wildman–Crippen LogP) is 2.35. The van der Waals surface area contributed by atoms with Crippen LogP contribution in [0.3, 0.4) is 0 Å². The van der Waals surface area contributed by atoms with Crippen molar-refractivity contribution in [3.05, 3.63) is 92.7 Å². The Morgan fingerprint density at radius 2 is 1.83 bits per heavy atom. The molecule has 180 valence electrons. The van der Waals surface area contributed by atoms with E-state index in [1.54, 1.807) is 6.92 Å². The highest BCUT2D eigenvalue weighted by Crippen LogP contribution is 2.11. The third-order valence-corrected chi connectivity index (χ3v) is 5.37. The number of aryl methyl sites for hydroxylation is 1. The average Bonchev–Trinajstić information content (AvgIpc) is 3.35. The lowest BCUT2D eigenvalue weighted by molar-refractivity contribution is 0.0894. The minimum atomic E-state index is -0.736. The van der Waals surface area contributed by atoms with Crippen molar-refractivity contribution in [2.75, 3.05) is 0 Å². The highest BCUT2D eigenvalue weighted by atomic mass is 19.1. The van der Waals surface area contributed by atoms with Gasteiger partial charge in [0.25, 0.3) is 5.56 Å². The van der Waals surface area contributed by atoms with Gasteiger partial charge in [-0.3, -0.25) is 14.2 Å². The maximum atomic E-state index is 13.3. The molecule has 0 aliphatic carbocycles. The molecule has 0 fully saturated rings. The van der Waals surface area contributed by atoms with Crippen LogP contribution in [0.15, 0.2) is 68.7 Å². The number of aromatic nitrogens is 5. The van der Waals surface area contributed by atoms with Crippen molar-refractivity contribution < 1.29 is 13.7 Å². The Morgan fingerprint density at radius 1 is 1.11 bits per heavy atom. The number of rotatable bonds is 8. The summed E-state index contributed by atoms with van der Waals surface area (Å²) in [7, 11) is 0. The van der Waals surface area contributed by atoms with E-state index >= 15 is 0 Å². The van der Waals surface area contributed by atoms with Crippen molar-refractivity contribution in [3.63, 3.8) is 0 Å². The molecule has 4 aromatic rings. The van der Waals surface area contributed by atoms with Crippen LogP contribution in [0.25, 0.3) is 17.2 Å². The number of carbonyl (C=O) groups is 1. The van der Waals surface area contributed by atoms with Gasteiger partial charge in [-0.1, -0.05) is 35.5 Å². The standard InChI is InChI=1S/C24H23FN6O4/c1-3-30-23(33)19(28-31(24(30)34)18-13-11-17(25)12-14-18)20-27-22(35-29-20)21(32)26-15(2)9-10-16-7-5-4-6-8-16/h4-8,11-15H,3,9-10H2,1-2H3,(H,26,32)/t15-/m1/s1. The summed E-state index contributed by atoms with van der Waals surface area (Å²) in [6, 6.07) is 14.7. The van der Waals surface area contributed by atoms with E-state index in [4.69, 9.17) is 4.52 Å². The topological polar surface area (TPSA) is 125 Å². The van der Waals surface area contributed by atoms with E-state index in [0.29, 0.717) is 6.42 Å². The van der Waals surface area contributed by atoms with E-state index < -0.39 is 23.0 Å². The van der Waals surface area contributed by atoms with Gasteiger partial charge in [-0.2, -0.15) is 14.8 Å². The van der Waals surface area contributed by atoms with E-state index in [1.807, 2.05) is 37.3 Å². The van der Waals surface area contributed by atoms with Gasteiger partial charge in [-0.05, 0) is 56.5 Å². The molecule has 2 aromatic heterocycles. The van der Waals surface area contributed by atoms with Crippen molar-refractivity contribution in [2.45, 2.75) is 39.3 Å². The highest BCUT2D eigenvalue weighted by molar-refractivity contribution is 5.90. The lowest BCUT2D eigenvalue weighted by atomic mass is 10.1. The number of carbonyl (C=O) groups excluding carboxylic acids is 1. The van der Waals surface area contributed by atoms with E-state index in [1.165, 1.54) is 24.3 Å². The van der Waals surface area contributed by atoms with Crippen LogP contribution < -0.4 is 16.6 Å². The molecule has 11 heteroatoms. The molecule has 0 bridgehead atoms. The molecule has 0 radical (unpaired) electrons. The second-order valence-corrected chi connectivity index (χ2v) is 7.89. The van der Waals surface area contributed by atoms with E-state index in [2.05, 4.69) is 20.6 Å². The number of nitrogens with zero attached hydrogens (tertiary/aromatic N) is 5. The minimum absolute atomic E-state index is 0.0541. The summed E-state index contributed by atoms with van der Waals surface area (Å²) in [5.41, 5.74) is -0.325. The zero-order chi connectivity index (χ0) is 24.9. The van der Waals surface area contributed by atoms with Crippen molar-refractivity contribution >= 4 is 5.91 Å². The molecule has 1 atom stereocenters. The molecule has 0 aliphatic heterocycles. The first kappa shape index (κ1) is 23.7. The molecule has 2 aromatic carbocycles. The number of amides is 1. The zero-order valence-corrected chi connectivity index (χ0v) is 19.1. The molecule has 1 amide bonds. The second kappa shape index (κ2) is 10.2. The third-order valence-electron chi connectivity index (χ3n) is 5.37. The fourth-order valence-corrected chi connectivity index (χ4v) is 3.48. The number of halogens is 1. The number of hydrogen-bond donors (Lipinski definition) is 1. The molecule has 35 heavy (non-hydrogen) atoms. The Labute approximate surface area is 199 Å². The van der Waals surface area contributed by atoms with Gasteiger partial charge in [0.15, 0.2) is 5.69 Å². The van der Waals surface area contributed by atoms with Crippen LogP contribution in [0.5, 0.6) is 0 Å². The number of nitrogens with one attached hydrogen (secondary N) is 1. The van der Waals surface area contributed by atoms with Crippen molar-refractivity contribution in [2.24, 2.45) is 0 Å². The van der Waals surface area contributed by atoms with Gasteiger partial charge in [-0.15, -0.1) is 0 Å². The van der Waals surface area contributed by atoms with Crippen LogP contribution in [0.2, 0.25) is 0 Å². The van der Waals surface area contributed by atoms with Crippen LogP contribution >= 0.6 is 0 Å². The Bertz CT molecular complexity index is 1440. The predicted molar refractivity (Wildman–Crippen MR) is 125 cm³/mol. The monoisotopic (exact) mass is 478 g/mol. The second-order valence-electron chi connectivity index (χ2n) is 7.89. The summed E-state index contributed by atoms with van der Waals surface area (Å²) in [5.74, 6) is -1.66. The number of hydrogen-bond acceptors (Lipinski definition) is 7. The largest absolute Gasteiger partial charge is 0.352 e. The summed E-state index contributed by atoms with van der Waals surface area (Å²) in [4.78, 5) is 42.2. The molecule has 2 heterocycles. The lowest BCUT2D eigenvalue weighted by Crippen LogP contribution is -2.41. The molecule has 1 N–H and O–H groups in total. The molecule has 4 rings (SSSR count). The summed E-state index contributed by atoms with van der Waals surface area (Å²) in [6.07, 6.45) is 1.48. The summed E-state index contributed by atoms with van der Waals surface area (Å²) in [6.45, 7) is 3.53. The lowest BCUT2D eigenvalue weighted by Gasteiger charge is -2.12. The first-order valence-electron chi connectivity index (χ1n) is 11.1. The Balaban J connectivity index is 1.57. The first-order chi connectivity index (χ1) is 16.9. The number of benzene rings is 2. The normalized spacial score (nSPS) is 11.9. The van der Waals surface area contributed by atoms with Crippen LogP contribution in [0.1, 0.15) is 36.5 Å². The van der Waals surface area contributed by atoms with Crippen molar-refractivity contribution in [1.82, 2.24) is 29.8 Å². The quantitative estimate of drug-likeness (QED) is 0.412. The fraction of sp³-hybridized carbons (Fsp3) is 0.250. The van der Waals surface area contributed by atoms with Gasteiger partial charge < -0.3 is 9.84 Å². The molecule has 10 nitrogen and oxygen atoms in total. The van der Waals surface area contributed by atoms with Gasteiger partial charge in [0.1, 0.15) is 5.82 Å². The van der Waals surface area contributed by atoms with Crippen LogP contribution in [-0.4, -0.2) is 36.4 Å². The zero-order valence-electron chi connectivity index (χ0n) is 19.1. The minimum Gasteiger partial charge on any atom is -0.345 e. The van der Waals surface area contributed by atoms with Crippen LogP contribution in [0.4, 0.5) is 4.39 Å². The van der Waals surface area contributed by atoms with E-state index in [0.717, 1.165) is 21.2 Å². The molecule has 0 unspecified atom stereocenters. The molecule has 0 saturated heterocycles. The van der Waals surface area contributed by atoms with Crippen molar-refractivity contribution in [1.29, 1.82) is 0 Å². The average molecular weight is 478 g/mol. The Morgan fingerprint density at radius 3 is 2.51 bits per heavy atom. The maximum absolute atomic E-state index is 13.3. The fourth-order valence-electron chi connectivity index (χ4n) is 3.48.